The average Bonchev–Trinajstić information content (AvgIpc) is 3.76. The topological polar surface area (TPSA) is 45.7 Å². The number of hydrogen-bond acceptors (Lipinski definition) is 2. The van der Waals surface area contributed by atoms with E-state index in [0.29, 0.717) is 0 Å². The molecule has 1 aliphatic rings. The summed E-state index contributed by atoms with van der Waals surface area (Å²) in [5.74, 6) is 0. The number of aryl methyl sites for hydroxylation is 2. The molecule has 0 unspecified atom stereocenters. The molecule has 0 saturated heterocycles. The molecule has 0 radical (unpaired) electrons. The van der Waals surface area contributed by atoms with Crippen LogP contribution in [-0.2, 0) is 6.42 Å². The second-order valence-corrected chi connectivity index (χ2v) is 14.6. The molecule has 2 N–H and O–H groups in total. The van der Waals surface area contributed by atoms with Crippen LogP contribution in [-0.4, -0.2) is 15.5 Å². The van der Waals surface area contributed by atoms with E-state index >= 15 is 0 Å². The first-order valence-electron chi connectivity index (χ1n) is 19.3. The highest BCUT2D eigenvalue weighted by molar-refractivity contribution is 6.11. The van der Waals surface area contributed by atoms with Crippen LogP contribution in [0.2, 0.25) is 0 Å². The summed E-state index contributed by atoms with van der Waals surface area (Å²) in [7, 11) is 0. The summed E-state index contributed by atoms with van der Waals surface area (Å²) in [6, 6.07) is 58.8. The number of benzene rings is 7. The Morgan fingerprint density at radius 2 is 1.27 bits per heavy atom. The molecule has 0 fully saturated rings. The van der Waals surface area contributed by atoms with Crippen molar-refractivity contribution in [3.05, 3.63) is 198 Å². The zero-order chi connectivity index (χ0) is 37.6. The lowest BCUT2D eigenvalue weighted by molar-refractivity contribution is 0.931. The highest BCUT2D eigenvalue weighted by atomic mass is 15.4. The number of allylic oxidation sites excluding steroid dienone is 2. The van der Waals surface area contributed by atoms with Crippen LogP contribution in [0.1, 0.15) is 28.8 Å². The summed E-state index contributed by atoms with van der Waals surface area (Å²) < 4.78 is 4.56. The van der Waals surface area contributed by atoms with E-state index in [1.807, 2.05) is 6.20 Å². The van der Waals surface area contributed by atoms with Gasteiger partial charge in [0, 0.05) is 39.8 Å². The Labute approximate surface area is 326 Å². The lowest BCUT2D eigenvalue weighted by atomic mass is 9.94. The predicted molar refractivity (Wildman–Crippen MR) is 237 cm³/mol. The monoisotopic (exact) mass is 720 g/mol. The lowest BCUT2D eigenvalue weighted by Crippen LogP contribution is -2.12. The van der Waals surface area contributed by atoms with Crippen LogP contribution in [0.3, 0.4) is 0 Å². The number of para-hydroxylation sites is 2. The quantitative estimate of drug-likeness (QED) is 0.151. The maximum Gasteiger partial charge on any atom is 0.0706 e. The number of fused-ring (bicyclic) bond motifs is 6. The van der Waals surface area contributed by atoms with Gasteiger partial charge in [0.15, 0.2) is 0 Å². The number of hydrogen-bond donors (Lipinski definition) is 2. The molecule has 10 rings (SSSR count). The Hall–Kier alpha value is -7.17. The van der Waals surface area contributed by atoms with Gasteiger partial charge in [-0.1, -0.05) is 133 Å². The Bertz CT molecular complexity index is 3000. The minimum atomic E-state index is 0.807. The number of rotatable bonds is 8. The van der Waals surface area contributed by atoms with E-state index in [4.69, 9.17) is 5.41 Å². The van der Waals surface area contributed by atoms with E-state index in [1.165, 1.54) is 72.4 Å². The van der Waals surface area contributed by atoms with Crippen LogP contribution in [0, 0.1) is 12.3 Å². The molecular weight excluding hydrogens is 681 g/mol. The summed E-state index contributed by atoms with van der Waals surface area (Å²) in [5, 5.41) is 12.1. The van der Waals surface area contributed by atoms with Gasteiger partial charge in [0.25, 0.3) is 0 Å². The predicted octanol–water partition coefficient (Wildman–Crippen LogP) is 13.2. The second-order valence-electron chi connectivity index (χ2n) is 14.6. The highest BCUT2D eigenvalue weighted by Crippen LogP contribution is 2.38. The standard InChI is InChI=1S/C52H40N4/c1-35-30-39(36-12-4-2-5-13-36)24-27-44(35)38-22-20-37(21-23-38)42(33-53)34-54-56-50-19-11-9-17-46(50)48-31-40(26-29-51(48)56)41-25-28-47-45-16-8-10-18-49(45)55(52(47)32-41)43-14-6-3-7-15-43/h2-8,10-16,18-34,53-54H,9,17H2,1H3/b42-34+,53-33?. The van der Waals surface area contributed by atoms with Crippen molar-refractivity contribution in [1.29, 1.82) is 5.41 Å². The molecule has 4 heteroatoms. The molecule has 2 heterocycles. The van der Waals surface area contributed by atoms with Crippen LogP contribution in [0.5, 0.6) is 0 Å². The van der Waals surface area contributed by atoms with Crippen molar-refractivity contribution < 1.29 is 0 Å². The number of nitrogens with zero attached hydrogens (tertiary/aromatic N) is 2. The first-order chi connectivity index (χ1) is 27.6. The lowest BCUT2D eigenvalue weighted by Gasteiger charge is -2.13. The molecule has 0 spiro atoms. The molecule has 0 saturated carbocycles. The maximum absolute atomic E-state index is 8.36. The Morgan fingerprint density at radius 1 is 0.589 bits per heavy atom. The minimum absolute atomic E-state index is 0.807. The van der Waals surface area contributed by atoms with Crippen molar-refractivity contribution in [2.75, 3.05) is 5.43 Å². The third kappa shape index (κ3) is 5.75. The van der Waals surface area contributed by atoms with Crippen molar-refractivity contribution in [2.24, 2.45) is 0 Å². The van der Waals surface area contributed by atoms with Crippen LogP contribution < -0.4 is 5.43 Å². The highest BCUT2D eigenvalue weighted by Gasteiger charge is 2.19. The number of nitrogens with one attached hydrogen (secondary N) is 2. The summed E-state index contributed by atoms with van der Waals surface area (Å²) >= 11 is 0. The van der Waals surface area contributed by atoms with Crippen molar-refractivity contribution in [2.45, 2.75) is 19.8 Å². The van der Waals surface area contributed by atoms with E-state index in [9.17, 15) is 0 Å². The van der Waals surface area contributed by atoms with Crippen molar-refractivity contribution in [3.8, 4) is 39.1 Å². The number of aromatic nitrogens is 2. The zero-order valence-corrected chi connectivity index (χ0v) is 31.2. The molecule has 1 aliphatic carbocycles. The fourth-order valence-electron chi connectivity index (χ4n) is 8.54. The Balaban J connectivity index is 0.978. The minimum Gasteiger partial charge on any atom is -0.309 e. The second kappa shape index (κ2) is 13.9. The SMILES string of the molecule is Cc1cc(-c2ccccc2)ccc1-c1ccc(/C(C=N)=C/Nn2c3c(c4cc(-c5ccc6c7ccccc7n(-c7ccccc7)c6c5)ccc42)CCC=C3)cc1. The van der Waals surface area contributed by atoms with Crippen LogP contribution in [0.4, 0.5) is 0 Å². The molecule has 0 aliphatic heterocycles. The van der Waals surface area contributed by atoms with Crippen molar-refractivity contribution >= 4 is 50.6 Å². The van der Waals surface area contributed by atoms with Crippen molar-refractivity contribution in [3.63, 3.8) is 0 Å². The fraction of sp³-hybridized carbons (Fsp3) is 0.0577. The van der Waals surface area contributed by atoms with Crippen molar-refractivity contribution in [1.82, 2.24) is 9.24 Å². The van der Waals surface area contributed by atoms with Gasteiger partial charge in [-0.25, -0.2) is 0 Å². The van der Waals surface area contributed by atoms with Gasteiger partial charge >= 0.3 is 0 Å². The van der Waals surface area contributed by atoms with E-state index in [1.54, 1.807) is 0 Å². The summed E-state index contributed by atoms with van der Waals surface area (Å²) in [6.07, 6.45) is 9.87. The first-order valence-corrected chi connectivity index (χ1v) is 19.3. The molecule has 0 atom stereocenters. The summed E-state index contributed by atoms with van der Waals surface area (Å²) in [4.78, 5) is 0. The molecule has 0 bridgehead atoms. The molecule has 268 valence electrons. The molecular formula is C52H40N4. The maximum atomic E-state index is 8.36. The van der Waals surface area contributed by atoms with Gasteiger partial charge in [-0.2, -0.15) is 0 Å². The van der Waals surface area contributed by atoms with E-state index in [-0.39, 0.29) is 0 Å². The third-order valence-electron chi connectivity index (χ3n) is 11.3. The van der Waals surface area contributed by atoms with E-state index in [2.05, 4.69) is 198 Å². The fourth-order valence-corrected chi connectivity index (χ4v) is 8.54. The van der Waals surface area contributed by atoms with Crippen LogP contribution >= 0.6 is 0 Å². The summed E-state index contributed by atoms with van der Waals surface area (Å²) in [5.41, 5.74) is 21.0. The normalized spacial score (nSPS) is 12.7. The van der Waals surface area contributed by atoms with Gasteiger partial charge in [-0.15, -0.1) is 0 Å². The molecule has 4 nitrogen and oxygen atoms in total. The van der Waals surface area contributed by atoms with Crippen LogP contribution in [0.15, 0.2) is 176 Å². The van der Waals surface area contributed by atoms with E-state index < -0.39 is 0 Å². The zero-order valence-electron chi connectivity index (χ0n) is 31.2. The van der Waals surface area contributed by atoms with Gasteiger partial charge in [0.1, 0.15) is 0 Å². The first kappa shape index (κ1) is 33.4. The molecule has 7 aromatic carbocycles. The van der Waals surface area contributed by atoms with Gasteiger partial charge in [-0.05, 0) is 112 Å². The van der Waals surface area contributed by atoms with Gasteiger partial charge < -0.3 is 15.4 Å². The van der Waals surface area contributed by atoms with Crippen LogP contribution in [0.25, 0.3) is 83.4 Å². The van der Waals surface area contributed by atoms with E-state index in [0.717, 1.165) is 46.4 Å². The van der Waals surface area contributed by atoms with Gasteiger partial charge in [0.2, 0.25) is 0 Å². The smallest absolute Gasteiger partial charge is 0.0706 e. The van der Waals surface area contributed by atoms with Gasteiger partial charge in [0.05, 0.1) is 22.2 Å². The molecule has 9 aromatic rings. The molecule has 56 heavy (non-hydrogen) atoms. The van der Waals surface area contributed by atoms with Gasteiger partial charge in [-0.3, -0.25) is 4.68 Å². The third-order valence-corrected chi connectivity index (χ3v) is 11.3. The Morgan fingerprint density at radius 3 is 2.07 bits per heavy atom. The Kier molecular flexibility index (Phi) is 8.30. The largest absolute Gasteiger partial charge is 0.309 e. The average molecular weight is 721 g/mol. The molecule has 2 aromatic heterocycles. The summed E-state index contributed by atoms with van der Waals surface area (Å²) in [6.45, 7) is 2.17. The molecule has 0 amide bonds.